The van der Waals surface area contributed by atoms with Gasteiger partial charge < -0.3 is 9.73 Å². The standard InChI is InChI=1S/C21H13BrCl2N2O2/c1-12-2-4-15(10-18(12)23)26-21(27)14(11-25)8-16-5-7-20(28-16)13-3-6-17(22)19(24)9-13/h2-10H,1H3,(H,26,27)/b14-8-. The molecule has 0 aliphatic rings. The fourth-order valence-corrected chi connectivity index (χ4v) is 3.00. The molecule has 1 aromatic heterocycles. The predicted octanol–water partition coefficient (Wildman–Crippen LogP) is 6.87. The van der Waals surface area contributed by atoms with E-state index >= 15 is 0 Å². The zero-order valence-electron chi connectivity index (χ0n) is 14.6. The van der Waals surface area contributed by atoms with Gasteiger partial charge in [0, 0.05) is 26.8 Å². The van der Waals surface area contributed by atoms with Crippen LogP contribution in [0.5, 0.6) is 0 Å². The van der Waals surface area contributed by atoms with E-state index < -0.39 is 5.91 Å². The highest BCUT2D eigenvalue weighted by molar-refractivity contribution is 9.10. The minimum atomic E-state index is -0.549. The van der Waals surface area contributed by atoms with E-state index in [0.717, 1.165) is 15.6 Å². The summed E-state index contributed by atoms with van der Waals surface area (Å²) in [4.78, 5) is 12.4. The number of hydrogen-bond donors (Lipinski definition) is 1. The molecular weight excluding hydrogens is 463 g/mol. The van der Waals surface area contributed by atoms with Crippen molar-refractivity contribution < 1.29 is 9.21 Å². The fourth-order valence-electron chi connectivity index (χ4n) is 2.39. The molecular formula is C21H13BrCl2N2O2. The Bertz CT molecular complexity index is 1130. The van der Waals surface area contributed by atoms with Gasteiger partial charge in [0.1, 0.15) is 23.2 Å². The van der Waals surface area contributed by atoms with Crippen LogP contribution in [0.25, 0.3) is 17.4 Å². The lowest BCUT2D eigenvalue weighted by atomic mass is 10.2. The van der Waals surface area contributed by atoms with Crippen LogP contribution in [0.4, 0.5) is 5.69 Å². The lowest BCUT2D eigenvalue weighted by molar-refractivity contribution is -0.112. The Morgan fingerprint density at radius 3 is 2.61 bits per heavy atom. The number of aryl methyl sites for hydroxylation is 1. The Labute approximate surface area is 180 Å². The molecule has 3 aromatic rings. The Morgan fingerprint density at radius 1 is 1.14 bits per heavy atom. The van der Waals surface area contributed by atoms with Gasteiger partial charge in [-0.25, -0.2) is 0 Å². The number of furan rings is 1. The van der Waals surface area contributed by atoms with E-state index in [1.165, 1.54) is 6.08 Å². The van der Waals surface area contributed by atoms with Gasteiger partial charge in [0.05, 0.1) is 5.02 Å². The van der Waals surface area contributed by atoms with Gasteiger partial charge >= 0.3 is 0 Å². The summed E-state index contributed by atoms with van der Waals surface area (Å²) < 4.78 is 6.51. The number of carbonyl (C=O) groups excluding carboxylic acids is 1. The second kappa shape index (κ2) is 8.66. The van der Waals surface area contributed by atoms with Crippen molar-refractivity contribution >= 4 is 56.8 Å². The second-order valence-electron chi connectivity index (χ2n) is 5.92. The fraction of sp³-hybridized carbons (Fsp3) is 0.0476. The molecule has 0 fully saturated rings. The van der Waals surface area contributed by atoms with E-state index in [0.29, 0.717) is 27.3 Å². The van der Waals surface area contributed by atoms with Crippen molar-refractivity contribution in [1.29, 1.82) is 5.26 Å². The van der Waals surface area contributed by atoms with Crippen molar-refractivity contribution in [2.24, 2.45) is 0 Å². The normalized spacial score (nSPS) is 11.2. The van der Waals surface area contributed by atoms with E-state index in [-0.39, 0.29) is 5.57 Å². The molecule has 0 aliphatic heterocycles. The highest BCUT2D eigenvalue weighted by Gasteiger charge is 2.12. The van der Waals surface area contributed by atoms with Crippen molar-refractivity contribution in [2.75, 3.05) is 5.32 Å². The van der Waals surface area contributed by atoms with E-state index in [1.54, 1.807) is 36.4 Å². The van der Waals surface area contributed by atoms with Crippen LogP contribution in [0.3, 0.4) is 0 Å². The first-order chi connectivity index (χ1) is 13.4. The third kappa shape index (κ3) is 4.66. The summed E-state index contributed by atoms with van der Waals surface area (Å²) in [5.41, 5.74) is 2.09. The quantitative estimate of drug-likeness (QED) is 0.330. The van der Waals surface area contributed by atoms with Crippen LogP contribution in [0, 0.1) is 18.3 Å². The Balaban J connectivity index is 1.81. The molecule has 0 aliphatic carbocycles. The second-order valence-corrected chi connectivity index (χ2v) is 7.59. The Morgan fingerprint density at radius 2 is 1.93 bits per heavy atom. The number of anilines is 1. The van der Waals surface area contributed by atoms with E-state index in [1.807, 2.05) is 25.1 Å². The minimum absolute atomic E-state index is 0.0913. The van der Waals surface area contributed by atoms with Crippen LogP contribution < -0.4 is 5.32 Å². The van der Waals surface area contributed by atoms with Gasteiger partial charge in [0.15, 0.2) is 0 Å². The Kier molecular flexibility index (Phi) is 6.25. The van der Waals surface area contributed by atoms with Crippen LogP contribution in [0.1, 0.15) is 11.3 Å². The van der Waals surface area contributed by atoms with Crippen molar-refractivity contribution in [2.45, 2.75) is 6.92 Å². The third-order valence-electron chi connectivity index (χ3n) is 3.91. The minimum Gasteiger partial charge on any atom is -0.457 e. The maximum absolute atomic E-state index is 12.4. The largest absolute Gasteiger partial charge is 0.457 e. The summed E-state index contributed by atoms with van der Waals surface area (Å²) in [6.07, 6.45) is 1.38. The molecule has 1 amide bonds. The van der Waals surface area contributed by atoms with Gasteiger partial charge in [-0.3, -0.25) is 4.79 Å². The first kappa shape index (κ1) is 20.2. The number of nitrogens with one attached hydrogen (secondary N) is 1. The number of hydrogen-bond acceptors (Lipinski definition) is 3. The van der Waals surface area contributed by atoms with E-state index in [4.69, 9.17) is 27.6 Å². The monoisotopic (exact) mass is 474 g/mol. The van der Waals surface area contributed by atoms with Crippen LogP contribution in [-0.4, -0.2) is 5.91 Å². The molecule has 4 nitrogen and oxygen atoms in total. The number of carbonyl (C=O) groups is 1. The molecule has 140 valence electrons. The molecule has 0 saturated carbocycles. The van der Waals surface area contributed by atoms with Gasteiger partial charge in [0.25, 0.3) is 5.91 Å². The molecule has 2 aromatic carbocycles. The zero-order chi connectivity index (χ0) is 20.3. The molecule has 3 rings (SSSR count). The summed E-state index contributed by atoms with van der Waals surface area (Å²) in [5.74, 6) is 0.401. The SMILES string of the molecule is Cc1ccc(NC(=O)/C(C#N)=C\c2ccc(-c3ccc(Br)c(Cl)c3)o2)cc1Cl. The molecule has 0 radical (unpaired) electrons. The van der Waals surface area contributed by atoms with Crippen LogP contribution in [-0.2, 0) is 4.79 Å². The molecule has 28 heavy (non-hydrogen) atoms. The topological polar surface area (TPSA) is 66.0 Å². The zero-order valence-corrected chi connectivity index (χ0v) is 17.7. The third-order valence-corrected chi connectivity index (χ3v) is 5.55. The predicted molar refractivity (Wildman–Crippen MR) is 115 cm³/mol. The van der Waals surface area contributed by atoms with E-state index in [9.17, 15) is 10.1 Å². The van der Waals surface area contributed by atoms with Gasteiger partial charge in [-0.2, -0.15) is 5.26 Å². The van der Waals surface area contributed by atoms with Gasteiger partial charge in [-0.05, 0) is 64.8 Å². The first-order valence-electron chi connectivity index (χ1n) is 8.12. The summed E-state index contributed by atoms with van der Waals surface area (Å²) in [7, 11) is 0. The van der Waals surface area contributed by atoms with E-state index in [2.05, 4.69) is 21.2 Å². The highest BCUT2D eigenvalue weighted by Crippen LogP contribution is 2.30. The number of nitriles is 1. The number of nitrogens with zero attached hydrogens (tertiary/aromatic N) is 1. The molecule has 0 atom stereocenters. The van der Waals surface area contributed by atoms with Gasteiger partial charge in [-0.1, -0.05) is 35.3 Å². The summed E-state index contributed by atoms with van der Waals surface area (Å²) in [6.45, 7) is 1.86. The molecule has 0 saturated heterocycles. The van der Waals surface area contributed by atoms with Crippen LogP contribution in [0.2, 0.25) is 10.0 Å². The molecule has 0 unspecified atom stereocenters. The molecule has 1 heterocycles. The van der Waals surface area contributed by atoms with Gasteiger partial charge in [-0.15, -0.1) is 0 Å². The van der Waals surface area contributed by atoms with Crippen molar-refractivity contribution in [3.05, 3.63) is 79.9 Å². The maximum atomic E-state index is 12.4. The lowest BCUT2D eigenvalue weighted by Gasteiger charge is -2.06. The average molecular weight is 476 g/mol. The maximum Gasteiger partial charge on any atom is 0.266 e. The summed E-state index contributed by atoms with van der Waals surface area (Å²) in [6, 6.07) is 15.9. The Hall–Kier alpha value is -2.52. The average Bonchev–Trinajstić information content (AvgIpc) is 3.13. The van der Waals surface area contributed by atoms with Crippen LogP contribution in [0.15, 0.2) is 63.0 Å². The van der Waals surface area contributed by atoms with Crippen molar-refractivity contribution in [3.63, 3.8) is 0 Å². The molecule has 0 spiro atoms. The number of rotatable bonds is 4. The highest BCUT2D eigenvalue weighted by atomic mass is 79.9. The molecule has 7 heteroatoms. The van der Waals surface area contributed by atoms with Gasteiger partial charge in [0.2, 0.25) is 0 Å². The molecule has 1 N–H and O–H groups in total. The lowest BCUT2D eigenvalue weighted by Crippen LogP contribution is -2.13. The first-order valence-corrected chi connectivity index (χ1v) is 9.67. The number of amides is 1. The van der Waals surface area contributed by atoms with Crippen LogP contribution >= 0.6 is 39.1 Å². The summed E-state index contributed by atoms with van der Waals surface area (Å²) in [5, 5.41) is 13.1. The number of halogens is 3. The number of benzene rings is 2. The smallest absolute Gasteiger partial charge is 0.266 e. The molecule has 0 bridgehead atoms. The van der Waals surface area contributed by atoms with Crippen molar-refractivity contribution in [3.8, 4) is 17.4 Å². The van der Waals surface area contributed by atoms with Crippen molar-refractivity contribution in [1.82, 2.24) is 0 Å². The summed E-state index contributed by atoms with van der Waals surface area (Å²) >= 11 is 15.5.